The van der Waals surface area contributed by atoms with E-state index in [9.17, 15) is 4.79 Å². The van der Waals surface area contributed by atoms with E-state index in [0.717, 1.165) is 58.6 Å². The van der Waals surface area contributed by atoms with Crippen LogP contribution < -0.4 is 0 Å². The Morgan fingerprint density at radius 3 is 2.90 bits per heavy atom. The number of ether oxygens (including phenoxy) is 1. The third kappa shape index (κ3) is 3.07. The second-order valence-corrected chi connectivity index (χ2v) is 6.56. The smallest absolute Gasteiger partial charge is 0.137 e. The minimum atomic E-state index is 0.323. The molecule has 3 fully saturated rings. The molecule has 0 aromatic heterocycles. The maximum absolute atomic E-state index is 12.0. The van der Waals surface area contributed by atoms with Gasteiger partial charge in [0.05, 0.1) is 12.7 Å². The monoisotopic (exact) mass is 280 g/mol. The molecule has 3 atom stereocenters. The molecule has 4 nitrogen and oxygen atoms in total. The summed E-state index contributed by atoms with van der Waals surface area (Å²) in [6.45, 7) is 8.49. The third-order valence-electron chi connectivity index (χ3n) is 5.34. The zero-order valence-electron chi connectivity index (χ0n) is 12.7. The highest BCUT2D eigenvalue weighted by Gasteiger charge is 2.39. The summed E-state index contributed by atoms with van der Waals surface area (Å²) in [6.07, 6.45) is 5.84. The van der Waals surface area contributed by atoms with Crippen molar-refractivity contribution in [3.8, 4) is 0 Å². The molecule has 2 saturated heterocycles. The van der Waals surface area contributed by atoms with Crippen molar-refractivity contribution in [2.24, 2.45) is 5.92 Å². The van der Waals surface area contributed by atoms with Crippen molar-refractivity contribution >= 4 is 5.78 Å². The first-order valence-electron chi connectivity index (χ1n) is 8.38. The Morgan fingerprint density at radius 1 is 1.25 bits per heavy atom. The van der Waals surface area contributed by atoms with Gasteiger partial charge in [-0.25, -0.2) is 0 Å². The average Bonchev–Trinajstić information content (AvgIpc) is 3.07. The first kappa shape index (κ1) is 14.5. The topological polar surface area (TPSA) is 32.8 Å². The minimum absolute atomic E-state index is 0.323. The van der Waals surface area contributed by atoms with E-state index in [-0.39, 0.29) is 0 Å². The van der Waals surface area contributed by atoms with Crippen LogP contribution in [0.2, 0.25) is 0 Å². The van der Waals surface area contributed by atoms with Crippen molar-refractivity contribution in [2.75, 3.05) is 39.3 Å². The lowest BCUT2D eigenvalue weighted by molar-refractivity contribution is -0.122. The Morgan fingerprint density at radius 2 is 2.15 bits per heavy atom. The maximum atomic E-state index is 12.0. The number of hydrogen-bond acceptors (Lipinski definition) is 4. The van der Waals surface area contributed by atoms with Crippen molar-refractivity contribution in [3.05, 3.63) is 0 Å². The van der Waals surface area contributed by atoms with Gasteiger partial charge < -0.3 is 4.74 Å². The molecule has 0 aromatic rings. The number of ketones is 1. The summed E-state index contributed by atoms with van der Waals surface area (Å²) in [7, 11) is 0. The van der Waals surface area contributed by atoms with Gasteiger partial charge in [0.2, 0.25) is 0 Å². The number of likely N-dealkylation sites (N-methyl/N-ethyl adjacent to an activating group) is 1. The van der Waals surface area contributed by atoms with Crippen LogP contribution in [0, 0.1) is 5.92 Å². The summed E-state index contributed by atoms with van der Waals surface area (Å²) in [5.74, 6) is 0.838. The predicted molar refractivity (Wildman–Crippen MR) is 78.8 cm³/mol. The quantitative estimate of drug-likeness (QED) is 0.782. The fourth-order valence-electron chi connectivity index (χ4n) is 4.22. The molecule has 0 aromatic carbocycles. The fraction of sp³-hybridized carbons (Fsp3) is 0.938. The fourth-order valence-corrected chi connectivity index (χ4v) is 4.22. The van der Waals surface area contributed by atoms with Crippen molar-refractivity contribution in [1.29, 1.82) is 0 Å². The Bertz CT molecular complexity index is 347. The van der Waals surface area contributed by atoms with Crippen LogP contribution in [0.5, 0.6) is 0 Å². The molecule has 4 heteroatoms. The molecular weight excluding hydrogens is 252 g/mol. The van der Waals surface area contributed by atoms with Crippen LogP contribution in [0.3, 0.4) is 0 Å². The van der Waals surface area contributed by atoms with E-state index >= 15 is 0 Å². The van der Waals surface area contributed by atoms with Crippen LogP contribution in [-0.2, 0) is 9.53 Å². The minimum Gasteiger partial charge on any atom is -0.374 e. The predicted octanol–water partition coefficient (Wildman–Crippen LogP) is 1.54. The summed E-state index contributed by atoms with van der Waals surface area (Å²) in [5, 5.41) is 0. The molecule has 3 aliphatic rings. The SMILES string of the molecule is CCN1CCOC(CN2CCCC2C2CCCC2=O)C1. The van der Waals surface area contributed by atoms with Crippen molar-refractivity contribution in [2.45, 2.75) is 51.2 Å². The molecular formula is C16H28N2O2. The number of carbonyl (C=O) groups excluding carboxylic acids is 1. The van der Waals surface area contributed by atoms with E-state index in [0.29, 0.717) is 23.8 Å². The number of carbonyl (C=O) groups is 1. The molecule has 2 heterocycles. The molecule has 1 aliphatic carbocycles. The largest absolute Gasteiger partial charge is 0.374 e. The summed E-state index contributed by atoms with van der Waals surface area (Å²) in [4.78, 5) is 17.1. The van der Waals surface area contributed by atoms with Crippen molar-refractivity contribution < 1.29 is 9.53 Å². The van der Waals surface area contributed by atoms with Gasteiger partial charge in [-0.2, -0.15) is 0 Å². The molecule has 0 N–H and O–H groups in total. The van der Waals surface area contributed by atoms with E-state index in [4.69, 9.17) is 4.74 Å². The summed E-state index contributed by atoms with van der Waals surface area (Å²) in [5.41, 5.74) is 0. The maximum Gasteiger partial charge on any atom is 0.137 e. The molecule has 0 bridgehead atoms. The lowest BCUT2D eigenvalue weighted by atomic mass is 9.95. The Balaban J connectivity index is 1.57. The molecule has 20 heavy (non-hydrogen) atoms. The molecule has 2 aliphatic heterocycles. The zero-order valence-corrected chi connectivity index (χ0v) is 12.7. The van der Waals surface area contributed by atoms with Gasteiger partial charge in [0.1, 0.15) is 5.78 Å². The first-order valence-corrected chi connectivity index (χ1v) is 8.38. The second-order valence-electron chi connectivity index (χ2n) is 6.56. The standard InChI is InChI=1S/C16H28N2O2/c1-2-17-9-10-20-13(11-17)12-18-8-4-6-15(18)14-5-3-7-16(14)19/h13-15H,2-12H2,1H3. The van der Waals surface area contributed by atoms with Crippen LogP contribution in [0.15, 0.2) is 0 Å². The van der Waals surface area contributed by atoms with Gasteiger partial charge in [-0.1, -0.05) is 6.92 Å². The summed E-state index contributed by atoms with van der Waals surface area (Å²) < 4.78 is 5.94. The highest BCUT2D eigenvalue weighted by atomic mass is 16.5. The second kappa shape index (κ2) is 6.54. The summed E-state index contributed by atoms with van der Waals surface area (Å²) >= 11 is 0. The summed E-state index contributed by atoms with van der Waals surface area (Å²) in [6, 6.07) is 0.505. The normalized spacial score (nSPS) is 36.9. The molecule has 3 rings (SSSR count). The lowest BCUT2D eigenvalue weighted by Gasteiger charge is -2.36. The third-order valence-corrected chi connectivity index (χ3v) is 5.34. The Kier molecular flexibility index (Phi) is 4.74. The van der Waals surface area contributed by atoms with Gasteiger partial charge in [0.15, 0.2) is 0 Å². The van der Waals surface area contributed by atoms with E-state index < -0.39 is 0 Å². The van der Waals surface area contributed by atoms with Gasteiger partial charge in [0.25, 0.3) is 0 Å². The van der Waals surface area contributed by atoms with Gasteiger partial charge in [0, 0.05) is 38.0 Å². The Labute approximate surface area is 122 Å². The molecule has 0 spiro atoms. The van der Waals surface area contributed by atoms with E-state index in [1.807, 2.05) is 0 Å². The average molecular weight is 280 g/mol. The molecule has 0 radical (unpaired) electrons. The van der Waals surface area contributed by atoms with Gasteiger partial charge in [-0.05, 0) is 38.8 Å². The van der Waals surface area contributed by atoms with Gasteiger partial charge in [-0.15, -0.1) is 0 Å². The first-order chi connectivity index (χ1) is 9.78. The van der Waals surface area contributed by atoms with Crippen LogP contribution in [0.25, 0.3) is 0 Å². The van der Waals surface area contributed by atoms with E-state index in [1.165, 1.54) is 12.8 Å². The zero-order chi connectivity index (χ0) is 13.9. The van der Waals surface area contributed by atoms with Gasteiger partial charge in [-0.3, -0.25) is 14.6 Å². The van der Waals surface area contributed by atoms with E-state index in [2.05, 4.69) is 16.7 Å². The molecule has 0 amide bonds. The highest BCUT2D eigenvalue weighted by molar-refractivity contribution is 5.83. The van der Waals surface area contributed by atoms with Crippen molar-refractivity contribution in [3.63, 3.8) is 0 Å². The van der Waals surface area contributed by atoms with Crippen molar-refractivity contribution in [1.82, 2.24) is 9.80 Å². The number of morpholine rings is 1. The van der Waals surface area contributed by atoms with Crippen LogP contribution in [-0.4, -0.2) is 67.1 Å². The number of Topliss-reactive ketones (excluding diaryl/α,β-unsaturated/α-hetero) is 1. The van der Waals surface area contributed by atoms with Crippen LogP contribution in [0.1, 0.15) is 39.0 Å². The molecule has 1 saturated carbocycles. The molecule has 114 valence electrons. The Hall–Kier alpha value is -0.450. The number of rotatable bonds is 4. The molecule has 3 unspecified atom stereocenters. The lowest BCUT2D eigenvalue weighted by Crippen LogP contribution is -2.49. The van der Waals surface area contributed by atoms with Gasteiger partial charge >= 0.3 is 0 Å². The van der Waals surface area contributed by atoms with E-state index in [1.54, 1.807) is 0 Å². The number of nitrogens with zero attached hydrogens (tertiary/aromatic N) is 2. The van der Waals surface area contributed by atoms with Crippen LogP contribution in [0.4, 0.5) is 0 Å². The number of hydrogen-bond donors (Lipinski definition) is 0. The number of likely N-dealkylation sites (tertiary alicyclic amines) is 1. The highest BCUT2D eigenvalue weighted by Crippen LogP contribution is 2.33. The van der Waals surface area contributed by atoms with Crippen LogP contribution >= 0.6 is 0 Å².